The number of nitrogens with zero attached hydrogens (tertiary/aromatic N) is 2. The van der Waals surface area contributed by atoms with Crippen molar-refractivity contribution in [1.29, 1.82) is 0 Å². The van der Waals surface area contributed by atoms with E-state index in [4.69, 9.17) is 11.6 Å². The second-order valence-corrected chi connectivity index (χ2v) is 6.17. The lowest BCUT2D eigenvalue weighted by molar-refractivity contribution is 0.558. The molecule has 0 atom stereocenters. The molecule has 1 aliphatic rings. The van der Waals surface area contributed by atoms with E-state index in [-0.39, 0.29) is 0 Å². The van der Waals surface area contributed by atoms with Gasteiger partial charge in [-0.1, -0.05) is 11.6 Å². The fraction of sp³-hybridized carbons (Fsp3) is 0.471. The number of nitrogens with one attached hydrogen (secondary N) is 3. The average molecular weight is 334 g/mol. The van der Waals surface area contributed by atoms with Crippen LogP contribution in [0.1, 0.15) is 0 Å². The van der Waals surface area contributed by atoms with Gasteiger partial charge >= 0.3 is 0 Å². The molecule has 6 heteroatoms. The molecule has 2 aromatic rings. The van der Waals surface area contributed by atoms with E-state index in [1.54, 1.807) is 0 Å². The summed E-state index contributed by atoms with van der Waals surface area (Å²) in [4.78, 5) is 6.87. The van der Waals surface area contributed by atoms with Crippen molar-refractivity contribution in [1.82, 2.24) is 20.9 Å². The van der Waals surface area contributed by atoms with E-state index >= 15 is 0 Å². The second-order valence-electron chi connectivity index (χ2n) is 5.73. The summed E-state index contributed by atoms with van der Waals surface area (Å²) in [6.45, 7) is 7.92. The molecule has 1 aromatic carbocycles. The number of fused-ring (bicyclic) bond motifs is 1. The monoisotopic (exact) mass is 333 g/mol. The average Bonchev–Trinajstić information content (AvgIpc) is 2.55. The predicted molar refractivity (Wildman–Crippen MR) is 97.6 cm³/mol. The first-order valence-corrected chi connectivity index (χ1v) is 8.64. The van der Waals surface area contributed by atoms with E-state index in [1.165, 1.54) is 5.69 Å². The Bertz CT molecular complexity index is 621. The van der Waals surface area contributed by atoms with Crippen LogP contribution >= 0.6 is 11.6 Å². The van der Waals surface area contributed by atoms with Gasteiger partial charge in [0, 0.05) is 74.7 Å². The Hall–Kier alpha value is -1.40. The minimum absolute atomic E-state index is 0.728. The van der Waals surface area contributed by atoms with E-state index in [1.807, 2.05) is 18.3 Å². The highest BCUT2D eigenvalue weighted by molar-refractivity contribution is 6.31. The van der Waals surface area contributed by atoms with Crippen molar-refractivity contribution < 1.29 is 0 Å². The Labute approximate surface area is 142 Å². The number of rotatable bonds is 1. The van der Waals surface area contributed by atoms with E-state index in [9.17, 15) is 0 Å². The Morgan fingerprint density at radius 1 is 0.870 bits per heavy atom. The summed E-state index contributed by atoms with van der Waals surface area (Å²) >= 11 is 6.10. The fourth-order valence-electron chi connectivity index (χ4n) is 2.89. The zero-order valence-corrected chi connectivity index (χ0v) is 14.1. The maximum atomic E-state index is 6.10. The van der Waals surface area contributed by atoms with Gasteiger partial charge in [-0.05, 0) is 24.3 Å². The summed E-state index contributed by atoms with van der Waals surface area (Å²) in [6.07, 6.45) is 1.87. The molecule has 2 heterocycles. The molecule has 23 heavy (non-hydrogen) atoms. The molecule has 1 aromatic heterocycles. The van der Waals surface area contributed by atoms with Gasteiger partial charge in [0.05, 0.1) is 5.52 Å². The van der Waals surface area contributed by atoms with E-state index in [2.05, 4.69) is 38.0 Å². The molecule has 0 saturated carbocycles. The molecule has 0 unspecified atom stereocenters. The molecular weight excluding hydrogens is 310 g/mol. The van der Waals surface area contributed by atoms with Gasteiger partial charge in [-0.25, -0.2) is 0 Å². The molecule has 0 aliphatic carbocycles. The maximum Gasteiger partial charge on any atom is 0.0737 e. The van der Waals surface area contributed by atoms with Crippen molar-refractivity contribution in [2.24, 2.45) is 0 Å². The molecule has 0 spiro atoms. The molecule has 0 bridgehead atoms. The Morgan fingerprint density at radius 3 is 2.22 bits per heavy atom. The van der Waals surface area contributed by atoms with Crippen LogP contribution in [-0.4, -0.2) is 57.3 Å². The SMILES string of the molecule is Clc1ccc2c(N3CCNCCNCCNCC3)ccnc2c1. The van der Waals surface area contributed by atoms with Gasteiger partial charge in [0.1, 0.15) is 0 Å². The fourth-order valence-corrected chi connectivity index (χ4v) is 3.06. The summed E-state index contributed by atoms with van der Waals surface area (Å²) in [5.41, 5.74) is 2.18. The zero-order valence-electron chi connectivity index (χ0n) is 13.3. The standard InChI is InChI=1S/C17H24ClN5/c18-14-1-2-15-16(13-14)22-4-3-17(15)23-11-9-20-7-5-19-6-8-21-10-12-23/h1-4,13,19-21H,5-12H2. The van der Waals surface area contributed by atoms with Crippen molar-refractivity contribution >= 4 is 28.2 Å². The van der Waals surface area contributed by atoms with E-state index in [0.717, 1.165) is 68.3 Å². The van der Waals surface area contributed by atoms with Crippen LogP contribution in [0.5, 0.6) is 0 Å². The molecule has 1 aliphatic heterocycles. The highest BCUT2D eigenvalue weighted by Gasteiger charge is 2.11. The minimum atomic E-state index is 0.728. The van der Waals surface area contributed by atoms with Crippen LogP contribution < -0.4 is 20.9 Å². The van der Waals surface area contributed by atoms with Crippen LogP contribution in [0, 0.1) is 0 Å². The first-order chi connectivity index (χ1) is 11.3. The third kappa shape index (κ3) is 4.54. The predicted octanol–water partition coefficient (Wildman–Crippen LogP) is 1.48. The molecule has 0 radical (unpaired) electrons. The molecule has 3 N–H and O–H groups in total. The number of pyridine rings is 1. The number of aromatic nitrogens is 1. The normalized spacial score (nSPS) is 18.4. The van der Waals surface area contributed by atoms with Gasteiger partial charge in [0.25, 0.3) is 0 Å². The number of halogens is 1. The lowest BCUT2D eigenvalue weighted by Crippen LogP contribution is -2.41. The molecule has 1 fully saturated rings. The van der Waals surface area contributed by atoms with Crippen molar-refractivity contribution in [3.8, 4) is 0 Å². The van der Waals surface area contributed by atoms with Crippen LogP contribution in [0.25, 0.3) is 10.9 Å². The molecule has 0 amide bonds. The number of hydrogen-bond donors (Lipinski definition) is 3. The quantitative estimate of drug-likeness (QED) is 0.738. The lowest BCUT2D eigenvalue weighted by Gasteiger charge is -2.27. The smallest absolute Gasteiger partial charge is 0.0737 e. The summed E-state index contributed by atoms with van der Waals surface area (Å²) in [5.74, 6) is 0. The first kappa shape index (κ1) is 16.5. The van der Waals surface area contributed by atoms with Gasteiger partial charge in [-0.15, -0.1) is 0 Å². The Balaban J connectivity index is 1.81. The van der Waals surface area contributed by atoms with Crippen molar-refractivity contribution in [3.05, 3.63) is 35.5 Å². The summed E-state index contributed by atoms with van der Waals surface area (Å²) < 4.78 is 0. The van der Waals surface area contributed by atoms with Crippen LogP contribution in [0.2, 0.25) is 5.02 Å². The largest absolute Gasteiger partial charge is 0.368 e. The summed E-state index contributed by atoms with van der Waals surface area (Å²) in [7, 11) is 0. The van der Waals surface area contributed by atoms with Crippen molar-refractivity contribution in [2.75, 3.05) is 57.3 Å². The first-order valence-electron chi connectivity index (χ1n) is 8.26. The summed E-state index contributed by atoms with van der Waals surface area (Å²) in [6, 6.07) is 8.04. The van der Waals surface area contributed by atoms with Gasteiger partial charge in [0.15, 0.2) is 0 Å². The molecule has 124 valence electrons. The Kier molecular flexibility index (Phi) is 6.05. The minimum Gasteiger partial charge on any atom is -0.368 e. The maximum absolute atomic E-state index is 6.10. The van der Waals surface area contributed by atoms with Gasteiger partial charge in [0.2, 0.25) is 0 Å². The van der Waals surface area contributed by atoms with Crippen molar-refractivity contribution in [3.63, 3.8) is 0 Å². The van der Waals surface area contributed by atoms with Gasteiger partial charge < -0.3 is 20.9 Å². The highest BCUT2D eigenvalue weighted by Crippen LogP contribution is 2.27. The van der Waals surface area contributed by atoms with Crippen molar-refractivity contribution in [2.45, 2.75) is 0 Å². The number of benzene rings is 1. The zero-order chi connectivity index (χ0) is 15.9. The highest BCUT2D eigenvalue weighted by atomic mass is 35.5. The van der Waals surface area contributed by atoms with E-state index in [0.29, 0.717) is 0 Å². The van der Waals surface area contributed by atoms with Crippen LogP contribution in [0.3, 0.4) is 0 Å². The van der Waals surface area contributed by atoms with Crippen LogP contribution in [0.4, 0.5) is 5.69 Å². The Morgan fingerprint density at radius 2 is 1.52 bits per heavy atom. The third-order valence-corrected chi connectivity index (χ3v) is 4.33. The lowest BCUT2D eigenvalue weighted by atomic mass is 10.1. The van der Waals surface area contributed by atoms with Gasteiger partial charge in [-0.2, -0.15) is 0 Å². The van der Waals surface area contributed by atoms with Gasteiger partial charge in [-0.3, -0.25) is 4.98 Å². The van der Waals surface area contributed by atoms with Crippen LogP contribution in [0.15, 0.2) is 30.5 Å². The summed E-state index contributed by atoms with van der Waals surface area (Å²) in [5, 5.41) is 12.3. The molecular formula is C17H24ClN5. The number of hydrogen-bond acceptors (Lipinski definition) is 5. The van der Waals surface area contributed by atoms with Crippen LogP contribution in [-0.2, 0) is 0 Å². The molecule has 3 rings (SSSR count). The topological polar surface area (TPSA) is 52.2 Å². The number of anilines is 1. The molecule has 5 nitrogen and oxygen atoms in total. The molecule has 1 saturated heterocycles. The third-order valence-electron chi connectivity index (χ3n) is 4.10. The second kappa shape index (κ2) is 8.45. The van der Waals surface area contributed by atoms with E-state index < -0.39 is 0 Å².